The van der Waals surface area contributed by atoms with Crippen molar-refractivity contribution in [3.63, 3.8) is 0 Å². The highest BCUT2D eigenvalue weighted by Crippen LogP contribution is 2.53. The first-order valence-corrected chi connectivity index (χ1v) is 7.91. The van der Waals surface area contributed by atoms with Gasteiger partial charge in [0, 0.05) is 23.2 Å². The van der Waals surface area contributed by atoms with Gasteiger partial charge in [-0.1, -0.05) is 29.8 Å². The predicted molar refractivity (Wildman–Crippen MR) is 89.6 cm³/mol. The number of aromatic hydroxyl groups is 1. The maximum absolute atomic E-state index is 10.9. The van der Waals surface area contributed by atoms with Crippen LogP contribution in [0.2, 0.25) is 0 Å². The van der Waals surface area contributed by atoms with Gasteiger partial charge in [-0.15, -0.1) is 0 Å². The summed E-state index contributed by atoms with van der Waals surface area (Å²) in [5.41, 5.74) is 3.64. The van der Waals surface area contributed by atoms with Crippen molar-refractivity contribution in [1.82, 2.24) is 14.8 Å². The average molecular weight is 319 g/mol. The van der Waals surface area contributed by atoms with E-state index in [9.17, 15) is 9.90 Å². The van der Waals surface area contributed by atoms with Crippen molar-refractivity contribution in [2.75, 3.05) is 0 Å². The first-order chi connectivity index (χ1) is 11.6. The fraction of sp³-hybridized carbons (Fsp3) is 0.211. The molecule has 1 aliphatic rings. The quantitative estimate of drug-likeness (QED) is 0.750. The van der Waals surface area contributed by atoms with Crippen molar-refractivity contribution in [2.45, 2.75) is 25.2 Å². The van der Waals surface area contributed by atoms with Crippen molar-refractivity contribution >= 4 is 6.29 Å². The van der Waals surface area contributed by atoms with Crippen molar-refractivity contribution < 1.29 is 9.90 Å². The van der Waals surface area contributed by atoms with Gasteiger partial charge in [-0.2, -0.15) is 9.78 Å². The molecule has 0 unspecified atom stereocenters. The van der Waals surface area contributed by atoms with Gasteiger partial charge in [0.25, 0.3) is 0 Å². The summed E-state index contributed by atoms with van der Waals surface area (Å²) in [6.45, 7) is 2.07. The van der Waals surface area contributed by atoms with E-state index < -0.39 is 0 Å². The highest BCUT2D eigenvalue weighted by Gasteiger charge is 2.48. The van der Waals surface area contributed by atoms with Crippen molar-refractivity contribution in [3.05, 3.63) is 71.0 Å². The fourth-order valence-electron chi connectivity index (χ4n) is 3.09. The van der Waals surface area contributed by atoms with Gasteiger partial charge in [0.05, 0.1) is 5.69 Å². The molecule has 0 amide bonds. The molecule has 5 heteroatoms. The summed E-state index contributed by atoms with van der Waals surface area (Å²) >= 11 is 0. The van der Waals surface area contributed by atoms with Gasteiger partial charge in [-0.25, -0.2) is 4.98 Å². The van der Waals surface area contributed by atoms with Crippen LogP contribution in [0.3, 0.4) is 0 Å². The Morgan fingerprint density at radius 3 is 2.58 bits per heavy atom. The fourth-order valence-corrected chi connectivity index (χ4v) is 3.09. The molecule has 4 rings (SSSR count). The van der Waals surface area contributed by atoms with Gasteiger partial charge in [0.1, 0.15) is 6.29 Å². The highest BCUT2D eigenvalue weighted by molar-refractivity contribution is 5.75. The summed E-state index contributed by atoms with van der Waals surface area (Å²) in [5, 5.41) is 14.9. The van der Waals surface area contributed by atoms with E-state index in [1.165, 1.54) is 22.0 Å². The summed E-state index contributed by atoms with van der Waals surface area (Å²) in [6, 6.07) is 13.4. The van der Waals surface area contributed by atoms with E-state index in [-0.39, 0.29) is 11.3 Å². The maximum atomic E-state index is 10.9. The minimum Gasteiger partial charge on any atom is -0.493 e. The Labute approximate surface area is 139 Å². The first kappa shape index (κ1) is 14.6. The van der Waals surface area contributed by atoms with Gasteiger partial charge >= 0.3 is 0 Å². The van der Waals surface area contributed by atoms with Crippen LogP contribution < -0.4 is 0 Å². The zero-order valence-electron chi connectivity index (χ0n) is 13.3. The van der Waals surface area contributed by atoms with Crippen LogP contribution in [0.4, 0.5) is 0 Å². The Kier molecular flexibility index (Phi) is 3.23. The Balaban J connectivity index is 1.76. The zero-order valence-corrected chi connectivity index (χ0v) is 13.3. The summed E-state index contributed by atoms with van der Waals surface area (Å²) in [7, 11) is 0. The number of hydrogen-bond acceptors (Lipinski definition) is 4. The number of carbonyl (C=O) groups excluding carboxylic acids is 1. The van der Waals surface area contributed by atoms with Crippen LogP contribution in [0.15, 0.2) is 48.7 Å². The molecule has 0 aliphatic heterocycles. The second kappa shape index (κ2) is 5.30. The molecular weight excluding hydrogens is 302 g/mol. The number of pyridine rings is 1. The van der Waals surface area contributed by atoms with E-state index in [1.807, 2.05) is 0 Å². The zero-order chi connectivity index (χ0) is 16.7. The van der Waals surface area contributed by atoms with Gasteiger partial charge in [-0.05, 0) is 37.5 Å². The SMILES string of the molecule is Cc1ccc(C2(c3cc(O)n(-c4cc(C=O)ccn4)n3)CC2)cc1. The third kappa shape index (κ3) is 2.29. The molecule has 5 nitrogen and oxygen atoms in total. The van der Waals surface area contributed by atoms with Gasteiger partial charge in [0.15, 0.2) is 5.82 Å². The highest BCUT2D eigenvalue weighted by atomic mass is 16.3. The predicted octanol–water partition coefficient (Wildman–Crippen LogP) is 3.17. The first-order valence-electron chi connectivity index (χ1n) is 7.91. The minimum absolute atomic E-state index is 0.0268. The van der Waals surface area contributed by atoms with Crippen LogP contribution in [-0.4, -0.2) is 26.2 Å². The Hall–Kier alpha value is -2.95. The molecule has 1 saturated carbocycles. The molecule has 120 valence electrons. The number of aromatic nitrogens is 3. The molecular formula is C19H17N3O2. The molecule has 0 radical (unpaired) electrons. The lowest BCUT2D eigenvalue weighted by Crippen LogP contribution is -2.10. The van der Waals surface area contributed by atoms with Crippen LogP contribution in [0.25, 0.3) is 5.82 Å². The van der Waals surface area contributed by atoms with Crippen LogP contribution >= 0.6 is 0 Å². The number of benzene rings is 1. The standard InChI is InChI=1S/C19H17N3O2/c1-13-2-4-15(5-3-13)19(7-8-19)16-11-18(24)22(21-16)17-10-14(12-23)6-9-20-17/h2-6,9-12,24H,7-8H2,1H3. The van der Waals surface area contributed by atoms with Crippen LogP contribution in [0, 0.1) is 6.92 Å². The lowest BCUT2D eigenvalue weighted by Gasteiger charge is -2.13. The molecule has 1 fully saturated rings. The minimum atomic E-state index is -0.126. The van der Waals surface area contributed by atoms with E-state index in [1.54, 1.807) is 18.2 Å². The van der Waals surface area contributed by atoms with Crippen LogP contribution in [-0.2, 0) is 5.41 Å². The number of rotatable bonds is 4. The smallest absolute Gasteiger partial charge is 0.215 e. The molecule has 0 atom stereocenters. The second-order valence-corrected chi connectivity index (χ2v) is 6.31. The number of aldehydes is 1. The lowest BCUT2D eigenvalue weighted by atomic mass is 9.92. The normalized spacial score (nSPS) is 15.2. The summed E-state index contributed by atoms with van der Waals surface area (Å²) in [4.78, 5) is 15.1. The van der Waals surface area contributed by atoms with E-state index in [4.69, 9.17) is 0 Å². The Morgan fingerprint density at radius 2 is 1.92 bits per heavy atom. The van der Waals surface area contributed by atoms with E-state index in [2.05, 4.69) is 41.3 Å². The molecule has 2 heterocycles. The van der Waals surface area contributed by atoms with Crippen LogP contribution in [0.5, 0.6) is 5.88 Å². The summed E-state index contributed by atoms with van der Waals surface area (Å²) < 4.78 is 1.39. The molecule has 2 aromatic heterocycles. The molecule has 24 heavy (non-hydrogen) atoms. The third-order valence-corrected chi connectivity index (χ3v) is 4.66. The Bertz CT molecular complexity index is 909. The largest absolute Gasteiger partial charge is 0.493 e. The summed E-state index contributed by atoms with van der Waals surface area (Å²) in [6.07, 6.45) is 4.30. The lowest BCUT2D eigenvalue weighted by molar-refractivity contribution is 0.112. The summed E-state index contributed by atoms with van der Waals surface area (Å²) in [5.74, 6) is 0.460. The number of hydrogen-bond donors (Lipinski definition) is 1. The third-order valence-electron chi connectivity index (χ3n) is 4.66. The van der Waals surface area contributed by atoms with Gasteiger partial charge in [-0.3, -0.25) is 4.79 Å². The topological polar surface area (TPSA) is 68.0 Å². The van der Waals surface area contributed by atoms with Gasteiger partial charge < -0.3 is 5.11 Å². The molecule has 3 aromatic rings. The van der Waals surface area contributed by atoms with Crippen molar-refractivity contribution in [1.29, 1.82) is 0 Å². The number of nitrogens with zero attached hydrogens (tertiary/aromatic N) is 3. The average Bonchev–Trinajstić information content (AvgIpc) is 3.32. The monoisotopic (exact) mass is 319 g/mol. The van der Waals surface area contributed by atoms with Crippen molar-refractivity contribution in [3.8, 4) is 11.7 Å². The van der Waals surface area contributed by atoms with Gasteiger partial charge in [0.2, 0.25) is 5.88 Å². The molecule has 1 N–H and O–H groups in total. The number of carbonyl (C=O) groups is 1. The molecule has 0 saturated heterocycles. The van der Waals surface area contributed by atoms with E-state index >= 15 is 0 Å². The molecule has 0 bridgehead atoms. The maximum Gasteiger partial charge on any atom is 0.215 e. The van der Waals surface area contributed by atoms with Crippen molar-refractivity contribution in [2.24, 2.45) is 0 Å². The molecule has 0 spiro atoms. The van der Waals surface area contributed by atoms with Crippen LogP contribution in [0.1, 0.15) is 40.0 Å². The molecule has 1 aliphatic carbocycles. The second-order valence-electron chi connectivity index (χ2n) is 6.31. The van der Waals surface area contributed by atoms with E-state index in [0.29, 0.717) is 11.4 Å². The number of aryl methyl sites for hydroxylation is 1. The van der Waals surface area contributed by atoms with E-state index in [0.717, 1.165) is 24.8 Å². The Morgan fingerprint density at radius 1 is 1.17 bits per heavy atom. The molecule has 1 aromatic carbocycles.